The Balaban J connectivity index is 1.86. The van der Waals surface area contributed by atoms with E-state index in [1.165, 1.54) is 17.0 Å². The van der Waals surface area contributed by atoms with Crippen molar-refractivity contribution in [3.8, 4) is 0 Å². The van der Waals surface area contributed by atoms with Gasteiger partial charge >= 0.3 is 0 Å². The average molecular weight is 417 g/mol. The molecule has 0 aliphatic heterocycles. The zero-order valence-electron chi connectivity index (χ0n) is 14.5. The molecule has 0 spiro atoms. The van der Waals surface area contributed by atoms with Crippen LogP contribution in [0.1, 0.15) is 16.2 Å². The molecule has 0 saturated carbocycles. The Kier molecular flexibility index (Phi) is 4.77. The molecule has 2 heterocycles. The first-order chi connectivity index (χ1) is 13.9. The fourth-order valence-electron chi connectivity index (χ4n) is 2.94. The zero-order chi connectivity index (χ0) is 20.5. The fraction of sp³-hybridized carbons (Fsp3) is 0.0556. The summed E-state index contributed by atoms with van der Waals surface area (Å²) in [5, 5.41) is 13.4. The van der Waals surface area contributed by atoms with Gasteiger partial charge in [-0.1, -0.05) is 17.7 Å². The summed E-state index contributed by atoms with van der Waals surface area (Å²) in [5.41, 5.74) is -0.234. The van der Waals surface area contributed by atoms with E-state index in [0.29, 0.717) is 16.3 Å². The maximum absolute atomic E-state index is 14.2. The normalized spacial score (nSPS) is 11.0. The number of tetrazole rings is 1. The topological polar surface area (TPSA) is 108 Å². The van der Waals surface area contributed by atoms with Crippen LogP contribution < -0.4 is 10.5 Å². The number of halogens is 3. The SMILES string of the molecule is O=C(c1nnn[nH]1)N(Cc1cc(=O)[nH]c2c(F)c(F)ccc12)c1cccc(Cl)c1. The second-order valence-electron chi connectivity index (χ2n) is 6.06. The summed E-state index contributed by atoms with van der Waals surface area (Å²) < 4.78 is 27.8. The van der Waals surface area contributed by atoms with Crippen molar-refractivity contribution in [2.75, 3.05) is 4.90 Å². The van der Waals surface area contributed by atoms with Gasteiger partial charge in [0.1, 0.15) is 0 Å². The summed E-state index contributed by atoms with van der Waals surface area (Å²) in [6.07, 6.45) is 0. The second kappa shape index (κ2) is 7.40. The summed E-state index contributed by atoms with van der Waals surface area (Å²) in [6.45, 7) is -0.147. The van der Waals surface area contributed by atoms with Crippen LogP contribution in [0, 0.1) is 11.6 Å². The van der Waals surface area contributed by atoms with Gasteiger partial charge in [-0.3, -0.25) is 9.59 Å². The average Bonchev–Trinajstić information content (AvgIpc) is 3.23. The van der Waals surface area contributed by atoms with E-state index in [-0.39, 0.29) is 23.3 Å². The largest absolute Gasteiger partial charge is 0.319 e. The first kappa shape index (κ1) is 18.7. The molecule has 2 aromatic carbocycles. The third-order valence-electron chi connectivity index (χ3n) is 4.24. The van der Waals surface area contributed by atoms with E-state index < -0.39 is 23.1 Å². The van der Waals surface area contributed by atoms with Gasteiger partial charge in [-0.15, -0.1) is 5.10 Å². The van der Waals surface area contributed by atoms with Crippen LogP contribution in [0.15, 0.2) is 47.3 Å². The van der Waals surface area contributed by atoms with Crippen molar-refractivity contribution in [1.82, 2.24) is 25.6 Å². The highest BCUT2D eigenvalue weighted by molar-refractivity contribution is 6.31. The number of carbonyl (C=O) groups excluding carboxylic acids is 1. The minimum atomic E-state index is -1.18. The van der Waals surface area contributed by atoms with Crippen molar-refractivity contribution in [3.63, 3.8) is 0 Å². The van der Waals surface area contributed by atoms with Gasteiger partial charge in [-0.2, -0.15) is 0 Å². The van der Waals surface area contributed by atoms with Crippen molar-refractivity contribution in [2.24, 2.45) is 0 Å². The van der Waals surface area contributed by atoms with E-state index in [4.69, 9.17) is 11.6 Å². The molecule has 4 rings (SSSR count). The molecule has 0 aliphatic rings. The van der Waals surface area contributed by atoms with Gasteiger partial charge in [0, 0.05) is 22.2 Å². The molecule has 0 saturated heterocycles. The summed E-state index contributed by atoms with van der Waals surface area (Å²) in [7, 11) is 0. The van der Waals surface area contributed by atoms with E-state index in [9.17, 15) is 18.4 Å². The lowest BCUT2D eigenvalue weighted by atomic mass is 10.1. The Bertz CT molecular complexity index is 1280. The van der Waals surface area contributed by atoms with Crippen LogP contribution in [0.25, 0.3) is 10.9 Å². The minimum absolute atomic E-state index is 0.142. The van der Waals surface area contributed by atoms with E-state index >= 15 is 0 Å². The zero-order valence-corrected chi connectivity index (χ0v) is 15.2. The molecule has 11 heteroatoms. The molecule has 0 unspecified atom stereocenters. The quantitative estimate of drug-likeness (QED) is 0.532. The smallest absolute Gasteiger partial charge is 0.297 e. The number of fused-ring (bicyclic) bond motifs is 1. The Morgan fingerprint density at radius 1 is 1.17 bits per heavy atom. The van der Waals surface area contributed by atoms with Gasteiger partial charge in [0.15, 0.2) is 11.6 Å². The highest BCUT2D eigenvalue weighted by atomic mass is 35.5. The van der Waals surface area contributed by atoms with Crippen LogP contribution in [-0.2, 0) is 6.54 Å². The van der Waals surface area contributed by atoms with Crippen LogP contribution >= 0.6 is 11.6 Å². The van der Waals surface area contributed by atoms with Crippen LogP contribution in [0.3, 0.4) is 0 Å². The third-order valence-corrected chi connectivity index (χ3v) is 4.47. The van der Waals surface area contributed by atoms with Crippen molar-refractivity contribution in [3.05, 3.63) is 80.9 Å². The van der Waals surface area contributed by atoms with Crippen LogP contribution in [0.4, 0.5) is 14.5 Å². The summed E-state index contributed by atoms with van der Waals surface area (Å²) >= 11 is 6.05. The van der Waals surface area contributed by atoms with E-state index in [1.54, 1.807) is 24.3 Å². The Labute approximate surface area is 166 Å². The number of aromatic nitrogens is 5. The molecule has 2 N–H and O–H groups in total. The molecule has 8 nitrogen and oxygen atoms in total. The molecular formula is C18H11ClF2N6O2. The van der Waals surface area contributed by atoms with Gasteiger partial charge in [-0.25, -0.2) is 13.9 Å². The predicted octanol–water partition coefficient (Wildman–Crippen LogP) is 2.82. The number of aromatic amines is 2. The van der Waals surface area contributed by atoms with Crippen molar-refractivity contribution >= 4 is 34.1 Å². The van der Waals surface area contributed by atoms with Gasteiger partial charge in [0.05, 0.1) is 12.1 Å². The molecule has 29 heavy (non-hydrogen) atoms. The maximum atomic E-state index is 14.2. The molecule has 0 radical (unpaired) electrons. The number of nitrogens with one attached hydrogen (secondary N) is 2. The standard InChI is InChI=1S/C18H11ClF2N6O2/c19-10-2-1-3-11(7-10)27(18(29)17-23-25-26-24-17)8-9-6-14(28)22-16-12(9)4-5-13(20)15(16)21/h1-7H,8H2,(H,22,28)(H,23,24,25,26). The molecule has 1 amide bonds. The second-order valence-corrected chi connectivity index (χ2v) is 6.50. The molecule has 0 bridgehead atoms. The van der Waals surface area contributed by atoms with Crippen LogP contribution in [-0.4, -0.2) is 31.5 Å². The summed E-state index contributed by atoms with van der Waals surface area (Å²) in [5.74, 6) is -3.02. The van der Waals surface area contributed by atoms with E-state index in [0.717, 1.165) is 6.07 Å². The number of nitrogens with zero attached hydrogens (tertiary/aromatic N) is 4. The number of pyridine rings is 1. The molecule has 0 aliphatic carbocycles. The highest BCUT2D eigenvalue weighted by Crippen LogP contribution is 2.26. The number of hydrogen-bond donors (Lipinski definition) is 2. The van der Waals surface area contributed by atoms with E-state index in [2.05, 4.69) is 25.6 Å². The molecule has 146 valence electrons. The monoisotopic (exact) mass is 416 g/mol. The van der Waals surface area contributed by atoms with Crippen molar-refractivity contribution in [1.29, 1.82) is 0 Å². The number of H-pyrrole nitrogens is 2. The molecule has 0 fully saturated rings. The third kappa shape index (κ3) is 3.57. The molecule has 0 atom stereocenters. The number of carbonyl (C=O) groups is 1. The molecular weight excluding hydrogens is 406 g/mol. The van der Waals surface area contributed by atoms with Gasteiger partial charge in [0.2, 0.25) is 11.4 Å². The van der Waals surface area contributed by atoms with Crippen LogP contribution in [0.5, 0.6) is 0 Å². The highest BCUT2D eigenvalue weighted by Gasteiger charge is 2.23. The first-order valence-electron chi connectivity index (χ1n) is 8.25. The lowest BCUT2D eigenvalue weighted by Crippen LogP contribution is -2.32. The van der Waals surface area contributed by atoms with Gasteiger partial charge in [0.25, 0.3) is 5.91 Å². The number of amides is 1. The minimum Gasteiger partial charge on any atom is -0.319 e. The number of benzene rings is 2. The van der Waals surface area contributed by atoms with Gasteiger partial charge < -0.3 is 9.88 Å². The molecule has 2 aromatic heterocycles. The number of anilines is 1. The lowest BCUT2D eigenvalue weighted by molar-refractivity contribution is 0.0975. The Hall–Kier alpha value is -3.66. The number of hydrogen-bond acceptors (Lipinski definition) is 5. The maximum Gasteiger partial charge on any atom is 0.297 e. The lowest BCUT2D eigenvalue weighted by Gasteiger charge is -2.22. The first-order valence-corrected chi connectivity index (χ1v) is 8.63. The van der Waals surface area contributed by atoms with Crippen molar-refractivity contribution < 1.29 is 13.6 Å². The fourth-order valence-corrected chi connectivity index (χ4v) is 3.12. The number of rotatable bonds is 4. The summed E-state index contributed by atoms with van der Waals surface area (Å²) in [4.78, 5) is 28.5. The molecule has 4 aromatic rings. The summed E-state index contributed by atoms with van der Waals surface area (Å²) in [6, 6.07) is 9.93. The Morgan fingerprint density at radius 2 is 2.00 bits per heavy atom. The van der Waals surface area contributed by atoms with Gasteiger partial charge in [-0.05, 0) is 46.3 Å². The Morgan fingerprint density at radius 3 is 2.72 bits per heavy atom. The van der Waals surface area contributed by atoms with Crippen molar-refractivity contribution in [2.45, 2.75) is 6.54 Å². The van der Waals surface area contributed by atoms with Crippen LogP contribution in [0.2, 0.25) is 5.02 Å². The predicted molar refractivity (Wildman–Crippen MR) is 101 cm³/mol. The van der Waals surface area contributed by atoms with E-state index in [1.807, 2.05) is 0 Å².